The molecule has 0 aliphatic carbocycles. The fourth-order valence-corrected chi connectivity index (χ4v) is 3.42. The second-order valence-electron chi connectivity index (χ2n) is 7.63. The normalized spacial score (nSPS) is 15.9. The molecular formula is C23H21F2N3O3. The second kappa shape index (κ2) is 7.76. The highest BCUT2D eigenvalue weighted by Gasteiger charge is 2.25. The van der Waals surface area contributed by atoms with Gasteiger partial charge in [-0.25, -0.2) is 13.6 Å². The van der Waals surface area contributed by atoms with E-state index >= 15 is 4.39 Å². The van der Waals surface area contributed by atoms with E-state index in [1.54, 1.807) is 18.2 Å². The van der Waals surface area contributed by atoms with E-state index in [1.165, 1.54) is 18.7 Å². The first-order valence-corrected chi connectivity index (χ1v) is 9.52. The lowest BCUT2D eigenvalue weighted by atomic mass is 10.0. The van der Waals surface area contributed by atoms with Crippen molar-refractivity contribution in [2.24, 2.45) is 6.98 Å². The van der Waals surface area contributed by atoms with Crippen LogP contribution in [0.15, 0.2) is 35.1 Å². The van der Waals surface area contributed by atoms with E-state index in [9.17, 15) is 14.3 Å². The molecule has 31 heavy (non-hydrogen) atoms. The summed E-state index contributed by atoms with van der Waals surface area (Å²) in [5, 5.41) is 9.55. The van der Waals surface area contributed by atoms with Crippen molar-refractivity contribution in [1.82, 2.24) is 9.55 Å². The van der Waals surface area contributed by atoms with Gasteiger partial charge < -0.3 is 14.7 Å². The molecule has 0 radical (unpaired) electrons. The van der Waals surface area contributed by atoms with E-state index in [0.717, 1.165) is 12.1 Å². The molecule has 0 bridgehead atoms. The third kappa shape index (κ3) is 3.90. The third-order valence-electron chi connectivity index (χ3n) is 4.84. The van der Waals surface area contributed by atoms with Gasteiger partial charge in [-0.15, -0.1) is 0 Å². The van der Waals surface area contributed by atoms with Crippen LogP contribution in [0.1, 0.15) is 29.1 Å². The van der Waals surface area contributed by atoms with E-state index in [4.69, 9.17) is 8.85 Å². The molecule has 0 saturated heterocycles. The Balaban J connectivity index is 2.03. The summed E-state index contributed by atoms with van der Waals surface area (Å²) in [5.74, 6) is 2.89. The Hall–Kier alpha value is -3.28. The molecule has 0 fully saturated rings. The number of benzene rings is 2. The molecule has 0 unspecified atom stereocenters. The minimum Gasteiger partial charge on any atom is -0.378 e. The van der Waals surface area contributed by atoms with Crippen molar-refractivity contribution >= 4 is 22.4 Å². The number of rotatable bonds is 1. The number of aromatic nitrogens is 2. The van der Waals surface area contributed by atoms with Gasteiger partial charge in [-0.3, -0.25) is 4.57 Å². The number of anilines is 2. The monoisotopic (exact) mass is 428 g/mol. The summed E-state index contributed by atoms with van der Waals surface area (Å²) in [5.41, 5.74) is -1.05. The van der Waals surface area contributed by atoms with E-state index in [2.05, 4.69) is 16.8 Å². The molecule has 0 atom stereocenters. The molecule has 6 nitrogen and oxygen atoms in total. The molecule has 2 heterocycles. The zero-order valence-electron chi connectivity index (χ0n) is 19.9. The average Bonchev–Trinajstić information content (AvgIpc) is 2.95. The van der Waals surface area contributed by atoms with Gasteiger partial charge in [-0.1, -0.05) is 17.9 Å². The van der Waals surface area contributed by atoms with Crippen LogP contribution in [-0.4, -0.2) is 33.4 Å². The van der Waals surface area contributed by atoms with Crippen molar-refractivity contribution < 1.29 is 22.7 Å². The van der Waals surface area contributed by atoms with Gasteiger partial charge in [0, 0.05) is 34.4 Å². The number of nitrogens with zero attached hydrogens (tertiary/aromatic N) is 3. The minimum absolute atomic E-state index is 0.130. The topological polar surface area (TPSA) is 67.6 Å². The van der Waals surface area contributed by atoms with E-state index in [1.807, 2.05) is 0 Å². The van der Waals surface area contributed by atoms with Gasteiger partial charge in [0.1, 0.15) is 5.60 Å². The van der Waals surface area contributed by atoms with Gasteiger partial charge in [-0.2, -0.15) is 4.98 Å². The van der Waals surface area contributed by atoms with Gasteiger partial charge in [0.05, 0.1) is 24.1 Å². The van der Waals surface area contributed by atoms with Crippen LogP contribution in [0.4, 0.5) is 20.3 Å². The Bertz CT molecular complexity index is 1400. The van der Waals surface area contributed by atoms with E-state index in [0.29, 0.717) is 21.4 Å². The van der Waals surface area contributed by atoms with Crippen molar-refractivity contribution in [1.29, 1.82) is 0 Å². The van der Waals surface area contributed by atoms with Crippen LogP contribution in [0, 0.1) is 23.5 Å². The fraction of sp³-hybridized carbons (Fsp3) is 0.304. The highest BCUT2D eigenvalue weighted by atomic mass is 19.2. The number of halogens is 2. The van der Waals surface area contributed by atoms with Crippen LogP contribution in [-0.2, 0) is 18.3 Å². The summed E-state index contributed by atoms with van der Waals surface area (Å²) in [6.45, 7) is 0.560. The van der Waals surface area contributed by atoms with Crippen LogP contribution in [0.3, 0.4) is 0 Å². The summed E-state index contributed by atoms with van der Waals surface area (Å²) in [6.07, 6.45) is 0. The lowest BCUT2D eigenvalue weighted by Crippen LogP contribution is -2.28. The average molecular weight is 428 g/mol. The molecule has 1 N–H and O–H groups in total. The Morgan fingerprint density at radius 2 is 2.10 bits per heavy atom. The number of hydrogen-bond acceptors (Lipinski definition) is 5. The van der Waals surface area contributed by atoms with Crippen LogP contribution < -0.4 is 10.6 Å². The standard InChI is InChI=1S/C23H21F2N3O3/c1-23(2,30)10-9-14-5-4-6-17-15(14)13-31-12-11-28(17)21-19-18(27(3)22(29)26-21)8-7-16(24)20(19)25/h4-8,30H,11-13H2,1-3H3/i3D3. The molecule has 1 aliphatic rings. The lowest BCUT2D eigenvalue weighted by molar-refractivity contribution is 0.133. The molecule has 1 aliphatic heterocycles. The predicted octanol–water partition coefficient (Wildman–Crippen LogP) is 3.00. The smallest absolute Gasteiger partial charge is 0.349 e. The summed E-state index contributed by atoms with van der Waals surface area (Å²) in [6, 6.07) is 6.93. The third-order valence-corrected chi connectivity index (χ3v) is 4.84. The van der Waals surface area contributed by atoms with Gasteiger partial charge in [0.15, 0.2) is 17.5 Å². The Morgan fingerprint density at radius 3 is 2.84 bits per heavy atom. The van der Waals surface area contributed by atoms with Crippen molar-refractivity contribution in [3.05, 3.63) is 63.6 Å². The quantitative estimate of drug-likeness (QED) is 0.604. The van der Waals surface area contributed by atoms with Gasteiger partial charge in [-0.05, 0) is 38.1 Å². The van der Waals surface area contributed by atoms with Crippen LogP contribution in [0.25, 0.3) is 10.9 Å². The maximum Gasteiger partial charge on any atom is 0.349 e. The highest BCUT2D eigenvalue weighted by Crippen LogP contribution is 2.36. The van der Waals surface area contributed by atoms with Crippen LogP contribution in [0.2, 0.25) is 0 Å². The highest BCUT2D eigenvalue weighted by molar-refractivity contribution is 5.93. The molecule has 3 aromatic rings. The maximum absolute atomic E-state index is 15.1. The van der Waals surface area contributed by atoms with Crippen molar-refractivity contribution in [3.63, 3.8) is 0 Å². The van der Waals surface area contributed by atoms with Gasteiger partial charge in [0.2, 0.25) is 0 Å². The van der Waals surface area contributed by atoms with Crippen molar-refractivity contribution in [3.8, 4) is 11.8 Å². The molecule has 1 aromatic heterocycles. The van der Waals surface area contributed by atoms with Crippen molar-refractivity contribution in [2.45, 2.75) is 26.1 Å². The Labute approximate surface area is 181 Å². The molecule has 0 saturated carbocycles. The van der Waals surface area contributed by atoms with Crippen molar-refractivity contribution in [2.75, 3.05) is 18.1 Å². The largest absolute Gasteiger partial charge is 0.378 e. The van der Waals surface area contributed by atoms with Crippen LogP contribution in [0.5, 0.6) is 0 Å². The van der Waals surface area contributed by atoms with Gasteiger partial charge >= 0.3 is 5.69 Å². The Kier molecular flexibility index (Phi) is 4.36. The number of aliphatic hydroxyl groups is 1. The summed E-state index contributed by atoms with van der Waals surface area (Å²) in [4.78, 5) is 18.2. The molecule has 2 aromatic carbocycles. The maximum atomic E-state index is 15.1. The minimum atomic E-state index is -2.95. The molecule has 0 amide bonds. The fourth-order valence-electron chi connectivity index (χ4n) is 3.42. The van der Waals surface area contributed by atoms with E-state index < -0.39 is 35.3 Å². The SMILES string of the molecule is [2H]C([2H])([2H])n1c(=O)nc(N2CCOCc3c(C#CC(C)(C)O)cccc32)c2c(F)c(F)ccc21. The molecule has 160 valence electrons. The van der Waals surface area contributed by atoms with E-state index in [-0.39, 0.29) is 31.1 Å². The number of ether oxygens (including phenoxy) is 1. The van der Waals surface area contributed by atoms with Crippen LogP contribution >= 0.6 is 0 Å². The zero-order chi connectivity index (χ0) is 24.8. The number of fused-ring (bicyclic) bond motifs is 2. The second-order valence-corrected chi connectivity index (χ2v) is 7.63. The first kappa shape index (κ1) is 17.4. The first-order valence-electron chi connectivity index (χ1n) is 11.0. The summed E-state index contributed by atoms with van der Waals surface area (Å²) in [7, 11) is 0. The number of aryl methyl sites for hydroxylation is 1. The molecule has 0 spiro atoms. The molecular weight excluding hydrogens is 404 g/mol. The summed E-state index contributed by atoms with van der Waals surface area (Å²) < 4.78 is 58.5. The Morgan fingerprint density at radius 1 is 1.29 bits per heavy atom. The predicted molar refractivity (Wildman–Crippen MR) is 113 cm³/mol. The molecule has 4 rings (SSSR count). The lowest BCUT2D eigenvalue weighted by Gasteiger charge is -2.25. The zero-order valence-corrected chi connectivity index (χ0v) is 16.9. The molecule has 8 heteroatoms. The van der Waals surface area contributed by atoms with Gasteiger partial charge in [0.25, 0.3) is 0 Å². The summed E-state index contributed by atoms with van der Waals surface area (Å²) >= 11 is 0. The number of hydrogen-bond donors (Lipinski definition) is 1. The first-order chi connectivity index (χ1) is 15.9.